The molecule has 164 valence electrons. The number of nitrogens with zero attached hydrogens (tertiary/aromatic N) is 2. The predicted molar refractivity (Wildman–Crippen MR) is 100 cm³/mol. The van der Waals surface area contributed by atoms with Crippen LogP contribution in [0, 0.1) is 11.8 Å². The van der Waals surface area contributed by atoms with Gasteiger partial charge in [-0.15, -0.1) is 0 Å². The Labute approximate surface area is 190 Å². The number of hydrogen-bond acceptors (Lipinski definition) is 6. The third kappa shape index (κ3) is 4.33. The molecule has 1 unspecified atom stereocenters. The summed E-state index contributed by atoms with van der Waals surface area (Å²) in [4.78, 5) is 37.8. The third-order valence-electron chi connectivity index (χ3n) is 6.09. The SMILES string of the molecule is CC(C)(C)OC(=O)N1C[C@@H]2C(Nc3cc(=O)n(C4(C(F)F)CC4)cc3C(=O)[O-])[C@@H]2C1.[Li+]. The molecule has 1 aromatic heterocycles. The van der Waals surface area contributed by atoms with E-state index in [4.69, 9.17) is 4.74 Å². The summed E-state index contributed by atoms with van der Waals surface area (Å²) in [7, 11) is 0. The molecule has 1 N–H and O–H groups in total. The van der Waals surface area contributed by atoms with E-state index in [1.807, 2.05) is 0 Å². The molecule has 3 fully saturated rings. The van der Waals surface area contributed by atoms with Gasteiger partial charge in [-0.25, -0.2) is 13.6 Å². The van der Waals surface area contributed by atoms with Gasteiger partial charge >= 0.3 is 25.0 Å². The van der Waals surface area contributed by atoms with Crippen molar-refractivity contribution in [3.8, 4) is 0 Å². The predicted octanol–water partition coefficient (Wildman–Crippen LogP) is -1.75. The van der Waals surface area contributed by atoms with E-state index in [1.165, 1.54) is 0 Å². The van der Waals surface area contributed by atoms with Crippen LogP contribution in [0.5, 0.6) is 0 Å². The van der Waals surface area contributed by atoms with E-state index in [0.29, 0.717) is 13.1 Å². The summed E-state index contributed by atoms with van der Waals surface area (Å²) in [5.41, 5.74) is -3.16. The van der Waals surface area contributed by atoms with Crippen LogP contribution in [0.25, 0.3) is 0 Å². The number of aromatic nitrogens is 1. The molecule has 8 nitrogen and oxygen atoms in total. The van der Waals surface area contributed by atoms with E-state index >= 15 is 0 Å². The van der Waals surface area contributed by atoms with Crippen molar-refractivity contribution in [3.63, 3.8) is 0 Å². The van der Waals surface area contributed by atoms with E-state index in [2.05, 4.69) is 5.32 Å². The van der Waals surface area contributed by atoms with Crippen molar-refractivity contribution in [3.05, 3.63) is 28.2 Å². The number of carboxylic acid groups (broad SMARTS) is 1. The van der Waals surface area contributed by atoms with Crippen LogP contribution >= 0.6 is 0 Å². The minimum atomic E-state index is -2.76. The maximum atomic E-state index is 13.4. The molecule has 1 amide bonds. The summed E-state index contributed by atoms with van der Waals surface area (Å²) >= 11 is 0. The molecule has 1 aliphatic heterocycles. The maximum absolute atomic E-state index is 13.4. The second-order valence-electron chi connectivity index (χ2n) is 9.38. The molecule has 0 bridgehead atoms. The Bertz CT molecular complexity index is 945. The van der Waals surface area contributed by atoms with Gasteiger partial charge in [0.2, 0.25) is 0 Å². The zero-order valence-electron chi connectivity index (χ0n) is 18.0. The number of aromatic carboxylic acids is 1. The van der Waals surface area contributed by atoms with Crippen molar-refractivity contribution in [2.24, 2.45) is 11.8 Å². The minimum Gasteiger partial charge on any atom is -0.545 e. The molecule has 2 heterocycles. The first-order valence-corrected chi connectivity index (χ1v) is 9.94. The number of carbonyl (C=O) groups excluding carboxylic acids is 2. The molecule has 3 atom stereocenters. The number of pyridine rings is 1. The molecule has 2 saturated carbocycles. The second-order valence-corrected chi connectivity index (χ2v) is 9.38. The molecule has 3 aliphatic rings. The van der Waals surface area contributed by atoms with Crippen molar-refractivity contribution in [2.75, 3.05) is 18.4 Å². The Hall–Kier alpha value is -2.05. The van der Waals surface area contributed by atoms with Crippen molar-refractivity contribution in [1.82, 2.24) is 9.47 Å². The molecule has 1 aromatic rings. The molecular formula is C20H24F2LiN3O5. The Kier molecular flexibility index (Phi) is 5.95. The van der Waals surface area contributed by atoms with Gasteiger partial charge in [0.25, 0.3) is 12.0 Å². The van der Waals surface area contributed by atoms with Gasteiger partial charge in [-0.2, -0.15) is 0 Å². The first-order valence-electron chi connectivity index (χ1n) is 9.94. The molecule has 0 spiro atoms. The average molecular weight is 431 g/mol. The van der Waals surface area contributed by atoms with Gasteiger partial charge in [0.05, 0.1) is 11.7 Å². The molecule has 4 rings (SSSR count). The number of amides is 1. The van der Waals surface area contributed by atoms with Crippen LogP contribution in [0.1, 0.15) is 44.0 Å². The number of halogens is 2. The maximum Gasteiger partial charge on any atom is 1.00 e. The topological polar surface area (TPSA) is 104 Å². The van der Waals surface area contributed by atoms with Crippen LogP contribution < -0.4 is 34.8 Å². The largest absolute Gasteiger partial charge is 1.00 e. The van der Waals surface area contributed by atoms with E-state index in [-0.39, 0.29) is 60.8 Å². The van der Waals surface area contributed by atoms with Gasteiger partial charge in [0.1, 0.15) is 11.1 Å². The first kappa shape index (κ1) is 23.6. The number of nitrogens with one attached hydrogen (secondary N) is 1. The average Bonchev–Trinajstić information content (AvgIpc) is 3.49. The smallest absolute Gasteiger partial charge is 0.545 e. The van der Waals surface area contributed by atoms with Crippen molar-refractivity contribution in [1.29, 1.82) is 0 Å². The molecule has 0 aromatic carbocycles. The number of hydrogen-bond donors (Lipinski definition) is 1. The van der Waals surface area contributed by atoms with Gasteiger partial charge in [-0.1, -0.05) is 0 Å². The molecule has 1 saturated heterocycles. The van der Waals surface area contributed by atoms with Crippen molar-refractivity contribution >= 4 is 17.7 Å². The number of piperidine rings is 1. The van der Waals surface area contributed by atoms with Gasteiger partial charge in [-0.05, 0) is 33.6 Å². The fourth-order valence-corrected chi connectivity index (χ4v) is 4.25. The van der Waals surface area contributed by atoms with E-state index < -0.39 is 35.2 Å². The summed E-state index contributed by atoms with van der Waals surface area (Å²) in [5, 5.41) is 14.6. The number of likely N-dealkylation sites (tertiary alicyclic amines) is 1. The first-order chi connectivity index (χ1) is 13.9. The van der Waals surface area contributed by atoms with Crippen LogP contribution in [0.2, 0.25) is 0 Å². The third-order valence-corrected chi connectivity index (χ3v) is 6.09. The summed E-state index contributed by atoms with van der Waals surface area (Å²) in [6.45, 7) is 6.29. The summed E-state index contributed by atoms with van der Waals surface area (Å²) < 4.78 is 32.9. The Balaban J connectivity index is 0.00000272. The zero-order chi connectivity index (χ0) is 22.0. The fourth-order valence-electron chi connectivity index (χ4n) is 4.25. The Morgan fingerprint density at radius 1 is 1.26 bits per heavy atom. The van der Waals surface area contributed by atoms with Crippen LogP contribution in [0.4, 0.5) is 19.3 Å². The summed E-state index contributed by atoms with van der Waals surface area (Å²) in [6, 6.07) is 0.940. The second kappa shape index (κ2) is 7.82. The van der Waals surface area contributed by atoms with Gasteiger partial charge in [0, 0.05) is 48.8 Å². The molecule has 31 heavy (non-hydrogen) atoms. The number of rotatable bonds is 5. The standard InChI is InChI=1S/C20H25F2N3O5.Li/c1-19(2,3)30-18(29)24-7-10-11(8-24)15(10)23-13-6-14(26)25(9-12(13)16(27)28)20(4-5-20)17(21)22;/h6,9-11,15,17,23H,4-5,7-8H2,1-3H3,(H,27,28);/q;+1/p-1/t10-,11+,15?;. The van der Waals surface area contributed by atoms with E-state index in [9.17, 15) is 28.3 Å². The quantitative estimate of drug-likeness (QED) is 0.555. The van der Waals surface area contributed by atoms with Crippen molar-refractivity contribution < 1.29 is 47.1 Å². The minimum absolute atomic E-state index is 0. The monoisotopic (exact) mass is 431 g/mol. The van der Waals surface area contributed by atoms with Gasteiger partial charge < -0.3 is 29.4 Å². The van der Waals surface area contributed by atoms with Gasteiger partial charge in [-0.3, -0.25) is 4.79 Å². The van der Waals surface area contributed by atoms with Gasteiger partial charge in [0.15, 0.2) is 0 Å². The number of anilines is 1. The van der Waals surface area contributed by atoms with Crippen LogP contribution in [-0.2, 0) is 10.3 Å². The van der Waals surface area contributed by atoms with Crippen LogP contribution in [-0.4, -0.2) is 52.7 Å². The number of alkyl halides is 2. The Morgan fingerprint density at radius 2 is 1.84 bits per heavy atom. The molecular weight excluding hydrogens is 407 g/mol. The van der Waals surface area contributed by atoms with E-state index in [0.717, 1.165) is 16.8 Å². The fraction of sp³-hybridized carbons (Fsp3) is 0.650. The summed E-state index contributed by atoms with van der Waals surface area (Å²) in [5.74, 6) is -1.34. The van der Waals surface area contributed by atoms with Crippen molar-refractivity contribution in [2.45, 2.75) is 57.2 Å². The summed E-state index contributed by atoms with van der Waals surface area (Å²) in [6.07, 6.45) is -1.95. The number of carbonyl (C=O) groups is 2. The number of carboxylic acids is 1. The Morgan fingerprint density at radius 3 is 2.29 bits per heavy atom. The molecule has 11 heteroatoms. The zero-order valence-corrected chi connectivity index (χ0v) is 18.0. The van der Waals surface area contributed by atoms with Crippen LogP contribution in [0.15, 0.2) is 17.1 Å². The molecule has 0 radical (unpaired) electrons. The number of ether oxygens (including phenoxy) is 1. The normalized spacial score (nSPS) is 25.5. The van der Waals surface area contributed by atoms with E-state index in [1.54, 1.807) is 25.7 Å². The van der Waals surface area contributed by atoms with Crippen LogP contribution in [0.3, 0.4) is 0 Å². The number of fused-ring (bicyclic) bond motifs is 1. The molecule has 2 aliphatic carbocycles.